The molecule has 2 atom stereocenters. The largest absolute Gasteiger partial charge is 0.398 e. The summed E-state index contributed by atoms with van der Waals surface area (Å²) >= 11 is 5.73. The minimum absolute atomic E-state index is 0.00289. The van der Waals surface area contributed by atoms with Crippen LogP contribution in [0, 0.1) is 0 Å². The molecule has 0 aromatic heterocycles. The molecule has 0 spiro atoms. The Morgan fingerprint density at radius 1 is 1.13 bits per heavy atom. The number of rotatable bonds is 5. The van der Waals surface area contributed by atoms with Gasteiger partial charge in [0.1, 0.15) is 29.6 Å². The molecule has 1 fully saturated rings. The van der Waals surface area contributed by atoms with Crippen LogP contribution in [0.25, 0.3) is 0 Å². The summed E-state index contributed by atoms with van der Waals surface area (Å²) in [5, 5.41) is -0.419. The van der Waals surface area contributed by atoms with Gasteiger partial charge in [0.15, 0.2) is 0 Å². The predicted octanol–water partition coefficient (Wildman–Crippen LogP) is -1.49. The second kappa shape index (κ2) is 9.67. The summed E-state index contributed by atoms with van der Waals surface area (Å²) in [6.45, 7) is 0. The smallest absolute Gasteiger partial charge is 0.348 e. The van der Waals surface area contributed by atoms with Crippen LogP contribution < -0.4 is 16.2 Å². The normalized spacial score (nSPS) is 19.8. The number of alkyl halides is 2. The van der Waals surface area contributed by atoms with Gasteiger partial charge in [-0.1, -0.05) is 46.3 Å². The fourth-order valence-corrected chi connectivity index (χ4v) is 4.72. The zero-order valence-electron chi connectivity index (χ0n) is 19.6. The van der Waals surface area contributed by atoms with Crippen LogP contribution in [-0.2, 0) is 25.6 Å². The predicted molar refractivity (Wildman–Crippen MR) is 139 cm³/mol. The van der Waals surface area contributed by atoms with Crippen molar-refractivity contribution in [3.05, 3.63) is 57.6 Å². The second-order valence-electron chi connectivity index (χ2n) is 8.92. The number of piperidine rings is 1. The third kappa shape index (κ3) is 4.38. The van der Waals surface area contributed by atoms with Gasteiger partial charge in [0.2, 0.25) is 19.8 Å². The molecule has 0 saturated carbocycles. The van der Waals surface area contributed by atoms with Crippen LogP contribution in [0.1, 0.15) is 45.8 Å². The minimum atomic E-state index is -4.18. The summed E-state index contributed by atoms with van der Waals surface area (Å²) in [5.41, 5.74) is -2.09. The van der Waals surface area contributed by atoms with E-state index in [0.717, 1.165) is 35.2 Å². The standard InChI is InChI=1S/C22H12B6ClF2N3O4/c23-11-7-10-14(17(25)33(19(10)37)12-5-6-13(35)32-18(12)36)16(24)15(11)22(26,27)34(28)20(38)21(30,31)8-1-3-9(29)4-2-8/h1-4,7,12,17H,5-6H2,(H,32,35,36). The quantitative estimate of drug-likeness (QED) is 0.385. The zero-order valence-corrected chi connectivity index (χ0v) is 20.3. The summed E-state index contributed by atoms with van der Waals surface area (Å²) < 4.78 is 30.0. The van der Waals surface area contributed by atoms with Crippen LogP contribution in [-0.4, -0.2) is 86.6 Å². The van der Waals surface area contributed by atoms with Crippen molar-refractivity contribution in [1.82, 2.24) is 15.0 Å². The van der Waals surface area contributed by atoms with Crippen molar-refractivity contribution in [2.45, 2.75) is 36.1 Å². The van der Waals surface area contributed by atoms with Crippen LogP contribution in [0.15, 0.2) is 30.3 Å². The maximum absolute atomic E-state index is 15.0. The number of nitrogens with zero attached hydrogens (tertiary/aromatic N) is 2. The highest BCUT2D eigenvalue weighted by Gasteiger charge is 2.48. The van der Waals surface area contributed by atoms with Crippen molar-refractivity contribution >= 4 is 93.4 Å². The second-order valence-corrected chi connectivity index (χ2v) is 9.36. The molecule has 38 heavy (non-hydrogen) atoms. The fraction of sp³-hybridized carbons (Fsp3) is 0.273. The highest BCUT2D eigenvalue weighted by Crippen LogP contribution is 2.37. The lowest BCUT2D eigenvalue weighted by Gasteiger charge is -2.43. The summed E-state index contributed by atoms with van der Waals surface area (Å²) in [7, 11) is 36.4. The highest BCUT2D eigenvalue weighted by atomic mass is 35.5. The first kappa shape index (κ1) is 28.1. The van der Waals surface area contributed by atoms with E-state index in [-0.39, 0.29) is 39.3 Å². The van der Waals surface area contributed by atoms with Crippen molar-refractivity contribution in [3.8, 4) is 0 Å². The molecule has 12 radical (unpaired) electrons. The van der Waals surface area contributed by atoms with E-state index in [1.165, 1.54) is 0 Å². The van der Waals surface area contributed by atoms with Gasteiger partial charge in [-0.05, 0) is 29.5 Å². The van der Waals surface area contributed by atoms with Crippen molar-refractivity contribution in [2.24, 2.45) is 0 Å². The van der Waals surface area contributed by atoms with Gasteiger partial charge in [0, 0.05) is 28.5 Å². The fourth-order valence-electron chi connectivity index (χ4n) is 4.59. The SMILES string of the molecule is [B]c1cc2c(c([B])c1C([B])([B])N([B])C(=O)C(F)(F)c1ccc(Cl)cc1)C([B])N(C1CCC(=O)NC1=O)C2=O. The molecule has 2 aromatic carbocycles. The Morgan fingerprint density at radius 2 is 1.74 bits per heavy atom. The van der Waals surface area contributed by atoms with E-state index in [0.29, 0.717) is 0 Å². The van der Waals surface area contributed by atoms with Gasteiger partial charge in [-0.15, -0.1) is 0 Å². The first-order valence-corrected chi connectivity index (χ1v) is 11.4. The zero-order chi connectivity index (χ0) is 28.3. The number of hydrogen-bond acceptors (Lipinski definition) is 4. The van der Waals surface area contributed by atoms with Crippen LogP contribution >= 0.6 is 11.6 Å². The average molecular weight is 521 g/mol. The first-order valence-electron chi connectivity index (χ1n) is 11.1. The molecule has 2 aromatic rings. The molecule has 2 aliphatic rings. The molecule has 16 heteroatoms. The van der Waals surface area contributed by atoms with Crippen LogP contribution in [0.5, 0.6) is 0 Å². The van der Waals surface area contributed by atoms with Gasteiger partial charge in [-0.3, -0.25) is 24.5 Å². The molecule has 4 amide bonds. The number of halogens is 3. The molecule has 1 saturated heterocycles. The number of carbonyl (C=O) groups is 4. The van der Waals surface area contributed by atoms with E-state index in [9.17, 15) is 19.2 Å². The van der Waals surface area contributed by atoms with Crippen LogP contribution in [0.4, 0.5) is 8.78 Å². The van der Waals surface area contributed by atoms with E-state index in [1.807, 2.05) is 0 Å². The van der Waals surface area contributed by atoms with E-state index < -0.39 is 63.5 Å². The van der Waals surface area contributed by atoms with E-state index in [4.69, 9.17) is 58.8 Å². The monoisotopic (exact) mass is 521 g/mol. The lowest BCUT2D eigenvalue weighted by molar-refractivity contribution is -0.155. The van der Waals surface area contributed by atoms with Gasteiger partial charge in [0.25, 0.3) is 11.8 Å². The molecule has 178 valence electrons. The Bertz CT molecular complexity index is 1380. The molecule has 7 nitrogen and oxygen atoms in total. The van der Waals surface area contributed by atoms with Gasteiger partial charge >= 0.3 is 5.92 Å². The Labute approximate surface area is 229 Å². The number of amides is 4. The molecular formula is C22H12B6ClF2N3O4. The van der Waals surface area contributed by atoms with Crippen LogP contribution in [0.2, 0.25) is 5.02 Å². The number of nitrogens with one attached hydrogen (secondary N) is 1. The Morgan fingerprint density at radius 3 is 2.32 bits per heavy atom. The lowest BCUT2D eigenvalue weighted by atomic mass is 9.50. The van der Waals surface area contributed by atoms with E-state index >= 15 is 8.78 Å². The van der Waals surface area contributed by atoms with E-state index in [2.05, 4.69) is 5.32 Å². The maximum atomic E-state index is 15.0. The molecular weight excluding hydrogens is 509 g/mol. The molecule has 2 aliphatic heterocycles. The Hall–Kier alpha value is -2.94. The average Bonchev–Trinajstić information content (AvgIpc) is 3.08. The molecule has 2 heterocycles. The van der Waals surface area contributed by atoms with Crippen molar-refractivity contribution in [3.63, 3.8) is 0 Å². The molecule has 0 aliphatic carbocycles. The highest BCUT2D eigenvalue weighted by molar-refractivity contribution is 6.50. The molecule has 0 bridgehead atoms. The van der Waals surface area contributed by atoms with Crippen molar-refractivity contribution in [2.75, 3.05) is 0 Å². The minimum Gasteiger partial charge on any atom is -0.398 e. The Kier molecular flexibility index (Phi) is 7.14. The number of fused-ring (bicyclic) bond motifs is 1. The van der Waals surface area contributed by atoms with Gasteiger partial charge in [-0.2, -0.15) is 8.78 Å². The number of imide groups is 1. The maximum Gasteiger partial charge on any atom is 0.348 e. The van der Waals surface area contributed by atoms with Gasteiger partial charge < -0.3 is 9.71 Å². The number of hydrogen-bond donors (Lipinski definition) is 1. The third-order valence-electron chi connectivity index (χ3n) is 6.54. The van der Waals surface area contributed by atoms with Crippen LogP contribution in [0.3, 0.4) is 0 Å². The Balaban J connectivity index is 1.72. The number of carbonyl (C=O) groups excluding carboxylic acids is 4. The summed E-state index contributed by atoms with van der Waals surface area (Å²) in [6, 6.07) is 4.15. The molecule has 1 N–H and O–H groups in total. The summed E-state index contributed by atoms with van der Waals surface area (Å²) in [6.07, 6.45) is -0.0319. The van der Waals surface area contributed by atoms with Crippen molar-refractivity contribution < 1.29 is 28.0 Å². The summed E-state index contributed by atoms with van der Waals surface area (Å²) in [5.74, 6) is -9.46. The molecule has 4 rings (SSSR count). The van der Waals surface area contributed by atoms with Crippen molar-refractivity contribution in [1.29, 1.82) is 0 Å². The topological polar surface area (TPSA) is 86.8 Å². The molecule has 2 unspecified atom stereocenters. The van der Waals surface area contributed by atoms with Gasteiger partial charge in [0.05, 0.1) is 15.7 Å². The lowest BCUT2D eigenvalue weighted by Crippen LogP contribution is -2.57. The summed E-state index contributed by atoms with van der Waals surface area (Å²) in [4.78, 5) is 50.8. The number of benzene rings is 2. The van der Waals surface area contributed by atoms with E-state index in [1.54, 1.807) is 0 Å². The van der Waals surface area contributed by atoms with Gasteiger partial charge in [-0.25, -0.2) is 0 Å². The first-order chi connectivity index (χ1) is 17.6. The third-order valence-corrected chi connectivity index (χ3v) is 6.79.